The molecule has 1 aliphatic heterocycles. The number of ether oxygens (including phenoxy) is 1. The van der Waals surface area contributed by atoms with E-state index in [0.29, 0.717) is 18.8 Å². The van der Waals surface area contributed by atoms with E-state index in [1.165, 1.54) is 10.4 Å². The van der Waals surface area contributed by atoms with Crippen LogP contribution in [-0.2, 0) is 32.5 Å². The topological polar surface area (TPSA) is 143 Å². The molecule has 0 aromatic heterocycles. The van der Waals surface area contributed by atoms with Crippen molar-refractivity contribution in [3.05, 3.63) is 59.7 Å². The van der Waals surface area contributed by atoms with E-state index in [0.717, 1.165) is 16.1 Å². The molecule has 2 aromatic rings. The number of likely N-dealkylation sites (N-methyl/N-ethyl adjacent to an activating group) is 1. The third kappa shape index (κ3) is 9.00. The highest BCUT2D eigenvalue weighted by molar-refractivity contribution is 7.89. The molecular weight excluding hydrogens is 558 g/mol. The minimum absolute atomic E-state index is 0.0217. The average Bonchev–Trinajstić information content (AvgIpc) is 3.41. The van der Waals surface area contributed by atoms with Gasteiger partial charge in [0.15, 0.2) is 0 Å². The van der Waals surface area contributed by atoms with Crippen molar-refractivity contribution in [2.75, 3.05) is 40.3 Å². The Labute approximate surface area is 248 Å². The molecule has 1 aliphatic rings. The maximum Gasteiger partial charge on any atom is 0.252 e. The monoisotopic (exact) mass is 599 g/mol. The van der Waals surface area contributed by atoms with Crippen LogP contribution in [-0.4, -0.2) is 92.0 Å². The highest BCUT2D eigenvalue weighted by Crippen LogP contribution is 2.29. The summed E-state index contributed by atoms with van der Waals surface area (Å²) in [6.07, 6.45) is -0.904. The van der Waals surface area contributed by atoms with Gasteiger partial charge in [-0.05, 0) is 55.8 Å². The van der Waals surface area contributed by atoms with Gasteiger partial charge in [0.2, 0.25) is 15.9 Å². The largest absolute Gasteiger partial charge is 0.493 e. The number of rotatable bonds is 14. The molecule has 0 saturated heterocycles. The quantitative estimate of drug-likeness (QED) is 0.314. The maximum absolute atomic E-state index is 13.9. The Morgan fingerprint density at radius 3 is 2.48 bits per heavy atom. The van der Waals surface area contributed by atoms with E-state index in [1.807, 2.05) is 50.2 Å². The van der Waals surface area contributed by atoms with Gasteiger partial charge in [0.05, 0.1) is 36.3 Å². The number of nitrogens with zero attached hydrogens (tertiary/aromatic N) is 4. The van der Waals surface area contributed by atoms with Crippen LogP contribution in [0.2, 0.25) is 0 Å². The molecule has 11 nitrogen and oxygen atoms in total. The standard InChI is InChI=1S/C30H41N5O6S/c1-22(2)19-34(42(39,40)25-12-13-28-24(18-25)14-16-41-28)20-27(36)26(17-23-9-6-5-7-10-23)35(30(38)11-8-15-31)32-29(37)21-33(3)4/h5-7,9-10,12-13,18,22,26-27,36H,8,11,14,16-17,19-21H2,1-4H3,(H,32,37)/t26-,27+/m0/s1. The summed E-state index contributed by atoms with van der Waals surface area (Å²) in [5.41, 5.74) is 4.21. The Kier molecular flexibility index (Phi) is 11.9. The van der Waals surface area contributed by atoms with Gasteiger partial charge in [0, 0.05) is 32.4 Å². The minimum Gasteiger partial charge on any atom is -0.493 e. The molecule has 12 heteroatoms. The van der Waals surface area contributed by atoms with Crippen LogP contribution in [0.25, 0.3) is 0 Å². The second-order valence-electron chi connectivity index (χ2n) is 11.1. The van der Waals surface area contributed by atoms with Gasteiger partial charge in [-0.15, -0.1) is 0 Å². The van der Waals surface area contributed by atoms with E-state index in [2.05, 4.69) is 5.43 Å². The van der Waals surface area contributed by atoms with E-state index in [4.69, 9.17) is 10.00 Å². The van der Waals surface area contributed by atoms with Crippen LogP contribution in [0.5, 0.6) is 5.75 Å². The Hall–Kier alpha value is -3.50. The number of amides is 2. The number of fused-ring (bicyclic) bond motifs is 1. The van der Waals surface area contributed by atoms with E-state index >= 15 is 0 Å². The second kappa shape index (κ2) is 15.1. The second-order valence-corrected chi connectivity index (χ2v) is 13.0. The third-order valence-electron chi connectivity index (χ3n) is 6.75. The van der Waals surface area contributed by atoms with Crippen molar-refractivity contribution >= 4 is 21.8 Å². The van der Waals surface area contributed by atoms with Crippen molar-refractivity contribution in [3.8, 4) is 11.8 Å². The number of carbonyl (C=O) groups is 2. The molecule has 0 saturated carbocycles. The SMILES string of the molecule is CC(C)CN(C[C@@H](O)[C@H](Cc1ccccc1)N(NC(=O)CN(C)C)C(=O)CCC#N)S(=O)(=O)c1ccc2c(c1)CCO2. The fourth-order valence-corrected chi connectivity index (χ4v) is 6.48. The predicted molar refractivity (Wildman–Crippen MR) is 158 cm³/mol. The Morgan fingerprint density at radius 1 is 1.12 bits per heavy atom. The molecule has 0 radical (unpaired) electrons. The molecule has 2 atom stereocenters. The fourth-order valence-electron chi connectivity index (χ4n) is 4.81. The lowest BCUT2D eigenvalue weighted by atomic mass is 9.99. The molecule has 228 valence electrons. The van der Waals surface area contributed by atoms with Crippen LogP contribution in [0.4, 0.5) is 0 Å². The van der Waals surface area contributed by atoms with Gasteiger partial charge >= 0.3 is 0 Å². The summed E-state index contributed by atoms with van der Waals surface area (Å²) in [6.45, 7) is 4.03. The summed E-state index contributed by atoms with van der Waals surface area (Å²) in [6, 6.07) is 14.8. The third-order valence-corrected chi connectivity index (χ3v) is 8.57. The molecular formula is C30H41N5O6S. The van der Waals surface area contributed by atoms with Crippen molar-refractivity contribution < 1.29 is 27.9 Å². The van der Waals surface area contributed by atoms with E-state index in [1.54, 1.807) is 31.1 Å². The van der Waals surface area contributed by atoms with E-state index in [-0.39, 0.29) is 49.7 Å². The van der Waals surface area contributed by atoms with Crippen molar-refractivity contribution in [1.82, 2.24) is 19.6 Å². The number of hydrogen-bond acceptors (Lipinski definition) is 8. The van der Waals surface area contributed by atoms with Crippen LogP contribution in [0.15, 0.2) is 53.4 Å². The van der Waals surface area contributed by atoms with Crippen molar-refractivity contribution in [2.45, 2.75) is 56.6 Å². The molecule has 0 fully saturated rings. The van der Waals surface area contributed by atoms with Crippen molar-refractivity contribution in [1.29, 1.82) is 5.26 Å². The first-order chi connectivity index (χ1) is 19.9. The zero-order valence-corrected chi connectivity index (χ0v) is 25.5. The summed E-state index contributed by atoms with van der Waals surface area (Å²) >= 11 is 0. The Balaban J connectivity index is 1.99. The summed E-state index contributed by atoms with van der Waals surface area (Å²) in [5, 5.41) is 21.9. The lowest BCUT2D eigenvalue weighted by molar-refractivity contribution is -0.148. The summed E-state index contributed by atoms with van der Waals surface area (Å²) in [7, 11) is -0.629. The Bertz CT molecular complexity index is 1360. The lowest BCUT2D eigenvalue weighted by Gasteiger charge is -2.37. The first-order valence-corrected chi connectivity index (χ1v) is 15.5. The van der Waals surface area contributed by atoms with Crippen molar-refractivity contribution in [3.63, 3.8) is 0 Å². The van der Waals surface area contributed by atoms with Gasteiger partial charge in [-0.25, -0.2) is 13.4 Å². The molecule has 0 unspecified atom stereocenters. The predicted octanol–water partition coefficient (Wildman–Crippen LogP) is 1.97. The molecule has 2 N–H and O–H groups in total. The van der Waals surface area contributed by atoms with Crippen molar-refractivity contribution in [2.24, 2.45) is 5.92 Å². The number of sulfonamides is 1. The molecule has 0 aliphatic carbocycles. The smallest absolute Gasteiger partial charge is 0.252 e. The van der Waals surface area contributed by atoms with Crippen LogP contribution in [0.3, 0.4) is 0 Å². The van der Waals surface area contributed by atoms with Gasteiger partial charge in [-0.3, -0.25) is 15.0 Å². The molecule has 2 aromatic carbocycles. The fraction of sp³-hybridized carbons (Fsp3) is 0.500. The van der Waals surface area contributed by atoms with E-state index in [9.17, 15) is 23.1 Å². The van der Waals surface area contributed by atoms with Crippen LogP contribution >= 0.6 is 0 Å². The number of benzene rings is 2. The molecule has 2 amide bonds. The molecule has 42 heavy (non-hydrogen) atoms. The number of carbonyl (C=O) groups excluding carboxylic acids is 2. The van der Waals surface area contributed by atoms with Gasteiger partial charge < -0.3 is 14.7 Å². The molecule has 3 rings (SSSR count). The molecule has 0 bridgehead atoms. The molecule has 1 heterocycles. The van der Waals surface area contributed by atoms with Gasteiger partial charge in [-0.1, -0.05) is 44.2 Å². The van der Waals surface area contributed by atoms with Crippen LogP contribution in [0.1, 0.15) is 37.8 Å². The summed E-state index contributed by atoms with van der Waals surface area (Å²) < 4.78 is 34.6. The van der Waals surface area contributed by atoms with Gasteiger partial charge in [0.25, 0.3) is 5.91 Å². The highest BCUT2D eigenvalue weighted by atomic mass is 32.2. The first-order valence-electron chi connectivity index (χ1n) is 14.0. The summed E-state index contributed by atoms with van der Waals surface area (Å²) in [5.74, 6) is -0.444. The average molecular weight is 600 g/mol. The van der Waals surface area contributed by atoms with Gasteiger partial charge in [-0.2, -0.15) is 9.57 Å². The summed E-state index contributed by atoms with van der Waals surface area (Å²) in [4.78, 5) is 27.9. The minimum atomic E-state index is -4.04. The van der Waals surface area contributed by atoms with Gasteiger partial charge in [0.1, 0.15) is 5.75 Å². The number of aliphatic hydroxyl groups is 1. The molecule has 0 spiro atoms. The van der Waals surface area contributed by atoms with Crippen LogP contribution < -0.4 is 10.2 Å². The number of aliphatic hydroxyl groups excluding tert-OH is 1. The lowest BCUT2D eigenvalue weighted by Crippen LogP contribution is -2.60. The van der Waals surface area contributed by atoms with Crippen LogP contribution in [0, 0.1) is 17.2 Å². The zero-order valence-electron chi connectivity index (χ0n) is 24.7. The van der Waals surface area contributed by atoms with E-state index < -0.39 is 34.0 Å². The highest BCUT2D eigenvalue weighted by Gasteiger charge is 2.36. The normalized spacial score (nSPS) is 14.3. The first kappa shape index (κ1) is 33.0. The number of hydrazine groups is 1. The maximum atomic E-state index is 13.9. The number of nitrogens with one attached hydrogen (secondary N) is 1. The Morgan fingerprint density at radius 2 is 1.83 bits per heavy atom. The number of hydrogen-bond donors (Lipinski definition) is 2. The number of nitriles is 1. The zero-order chi connectivity index (χ0) is 30.9.